The van der Waals surface area contributed by atoms with Gasteiger partial charge in [0.15, 0.2) is 11.5 Å². The molecule has 2 amide bonds. The number of ether oxygens (including phenoxy) is 2. The Bertz CT molecular complexity index is 1430. The number of hydrogen-bond donors (Lipinski definition) is 1. The number of amides is 2. The third-order valence-corrected chi connectivity index (χ3v) is 8.37. The van der Waals surface area contributed by atoms with Crippen molar-refractivity contribution in [1.29, 1.82) is 0 Å². The Kier molecular flexibility index (Phi) is 10.4. The average Bonchev–Trinajstić information content (AvgIpc) is 2.95. The summed E-state index contributed by atoms with van der Waals surface area (Å²) in [5, 5.41) is 3.26. The lowest BCUT2D eigenvalue weighted by molar-refractivity contribution is -0.139. The zero-order chi connectivity index (χ0) is 29.4. The largest absolute Gasteiger partial charge is 0.493 e. The predicted octanol–water partition coefficient (Wildman–Crippen LogP) is 4.41. The van der Waals surface area contributed by atoms with Crippen LogP contribution in [0.4, 0.5) is 5.69 Å². The van der Waals surface area contributed by atoms with Crippen LogP contribution in [0.5, 0.6) is 11.5 Å². The molecular weight excluding hydrogens is 554 g/mol. The molecule has 0 bridgehead atoms. The number of anilines is 1. The molecule has 0 saturated heterocycles. The molecule has 3 aromatic rings. The maximum Gasteiger partial charge on any atom is 0.264 e. The molecular formula is C29H34ClN3O6S. The maximum atomic E-state index is 13.9. The summed E-state index contributed by atoms with van der Waals surface area (Å²) in [5.74, 6) is -0.229. The predicted molar refractivity (Wildman–Crippen MR) is 155 cm³/mol. The van der Waals surface area contributed by atoms with Gasteiger partial charge < -0.3 is 19.7 Å². The second-order valence-corrected chi connectivity index (χ2v) is 11.4. The van der Waals surface area contributed by atoms with E-state index < -0.39 is 28.5 Å². The van der Waals surface area contributed by atoms with Gasteiger partial charge in [0.25, 0.3) is 10.0 Å². The van der Waals surface area contributed by atoms with Crippen LogP contribution in [0.15, 0.2) is 71.6 Å². The van der Waals surface area contributed by atoms with E-state index in [0.717, 1.165) is 15.4 Å². The van der Waals surface area contributed by atoms with Crippen LogP contribution in [0.1, 0.15) is 25.0 Å². The number of hydrogen-bond acceptors (Lipinski definition) is 6. The number of benzene rings is 3. The SMILES string of the molecule is CCNC(=O)C(C)N(Cc1ccc(Cl)cc1)C(=O)CN(c1ccc(OC)c(OC)c1)S(=O)(=O)c1ccc(C)cc1. The molecule has 0 heterocycles. The molecule has 3 rings (SSSR count). The highest BCUT2D eigenvalue weighted by Crippen LogP contribution is 2.34. The highest BCUT2D eigenvalue weighted by Gasteiger charge is 2.33. The number of sulfonamides is 1. The molecule has 0 radical (unpaired) electrons. The van der Waals surface area contributed by atoms with Crippen molar-refractivity contribution in [3.8, 4) is 11.5 Å². The molecule has 40 heavy (non-hydrogen) atoms. The van der Waals surface area contributed by atoms with Crippen LogP contribution >= 0.6 is 11.6 Å². The van der Waals surface area contributed by atoms with Crippen LogP contribution in [0, 0.1) is 6.92 Å². The van der Waals surface area contributed by atoms with Crippen molar-refractivity contribution in [1.82, 2.24) is 10.2 Å². The van der Waals surface area contributed by atoms with Crippen molar-refractivity contribution in [2.24, 2.45) is 0 Å². The fourth-order valence-electron chi connectivity index (χ4n) is 4.04. The minimum absolute atomic E-state index is 0.0155. The molecule has 11 heteroatoms. The molecule has 0 aliphatic rings. The third-order valence-electron chi connectivity index (χ3n) is 6.33. The summed E-state index contributed by atoms with van der Waals surface area (Å²) < 4.78 is 39.6. The number of nitrogens with zero attached hydrogens (tertiary/aromatic N) is 2. The summed E-state index contributed by atoms with van der Waals surface area (Å²) in [5.41, 5.74) is 1.81. The number of halogens is 1. The summed E-state index contributed by atoms with van der Waals surface area (Å²) in [6.45, 7) is 5.12. The normalized spacial score (nSPS) is 11.8. The summed E-state index contributed by atoms with van der Waals surface area (Å²) in [7, 11) is -1.30. The fourth-order valence-corrected chi connectivity index (χ4v) is 5.57. The Morgan fingerprint density at radius 3 is 2.15 bits per heavy atom. The lowest BCUT2D eigenvalue weighted by Gasteiger charge is -2.32. The molecule has 0 fully saturated rings. The number of carbonyl (C=O) groups is 2. The number of aryl methyl sites for hydroxylation is 1. The van der Waals surface area contributed by atoms with Crippen LogP contribution in [0.2, 0.25) is 5.02 Å². The minimum atomic E-state index is -4.21. The van der Waals surface area contributed by atoms with Gasteiger partial charge in [0, 0.05) is 24.2 Å². The molecule has 1 atom stereocenters. The van der Waals surface area contributed by atoms with Gasteiger partial charge in [-0.3, -0.25) is 13.9 Å². The molecule has 1 N–H and O–H groups in total. The van der Waals surface area contributed by atoms with Gasteiger partial charge in [-0.25, -0.2) is 8.42 Å². The van der Waals surface area contributed by atoms with E-state index >= 15 is 0 Å². The Labute approximate surface area is 240 Å². The highest BCUT2D eigenvalue weighted by molar-refractivity contribution is 7.92. The third kappa shape index (κ3) is 7.25. The molecule has 9 nitrogen and oxygen atoms in total. The van der Waals surface area contributed by atoms with E-state index in [4.69, 9.17) is 21.1 Å². The van der Waals surface area contributed by atoms with Crippen LogP contribution in [0.25, 0.3) is 0 Å². The number of nitrogens with one attached hydrogen (secondary N) is 1. The molecule has 0 spiro atoms. The van der Waals surface area contributed by atoms with Gasteiger partial charge >= 0.3 is 0 Å². The standard InChI is InChI=1S/C29H34ClN3O6S/c1-6-31-29(35)21(3)32(18-22-9-11-23(30)12-10-22)28(34)19-33(24-13-16-26(38-4)27(17-24)39-5)40(36,37)25-14-7-20(2)8-15-25/h7-17,21H,6,18-19H2,1-5H3,(H,31,35). The first-order valence-corrected chi connectivity index (χ1v) is 14.5. The maximum absolute atomic E-state index is 13.9. The van der Waals surface area contributed by atoms with Crippen LogP contribution in [0.3, 0.4) is 0 Å². The van der Waals surface area contributed by atoms with Gasteiger partial charge in [-0.2, -0.15) is 0 Å². The van der Waals surface area contributed by atoms with E-state index in [1.165, 1.54) is 43.4 Å². The number of carbonyl (C=O) groups excluding carboxylic acids is 2. The summed E-state index contributed by atoms with van der Waals surface area (Å²) >= 11 is 6.03. The number of methoxy groups -OCH3 is 2. The summed E-state index contributed by atoms with van der Waals surface area (Å²) in [4.78, 5) is 28.1. The van der Waals surface area contributed by atoms with Crippen LogP contribution in [-0.2, 0) is 26.2 Å². The van der Waals surface area contributed by atoms with Crippen molar-refractivity contribution in [3.05, 3.63) is 82.9 Å². The molecule has 0 aliphatic heterocycles. The van der Waals surface area contributed by atoms with E-state index in [0.29, 0.717) is 23.1 Å². The van der Waals surface area contributed by atoms with Gasteiger partial charge in [-0.1, -0.05) is 41.4 Å². The van der Waals surface area contributed by atoms with E-state index in [9.17, 15) is 18.0 Å². The van der Waals surface area contributed by atoms with E-state index in [1.54, 1.807) is 56.3 Å². The minimum Gasteiger partial charge on any atom is -0.493 e. The summed E-state index contributed by atoms with van der Waals surface area (Å²) in [6, 6.07) is 17.0. The molecule has 0 aliphatic carbocycles. The zero-order valence-corrected chi connectivity index (χ0v) is 24.8. The Hall–Kier alpha value is -3.76. The Balaban J connectivity index is 2.08. The van der Waals surface area contributed by atoms with Crippen LogP contribution < -0.4 is 19.1 Å². The topological polar surface area (TPSA) is 105 Å². The van der Waals surface area contributed by atoms with E-state index in [1.807, 2.05) is 6.92 Å². The van der Waals surface area contributed by atoms with Gasteiger partial charge in [-0.05, 0) is 62.7 Å². The summed E-state index contributed by atoms with van der Waals surface area (Å²) in [6.07, 6.45) is 0. The molecule has 214 valence electrons. The first-order valence-electron chi connectivity index (χ1n) is 12.6. The number of rotatable bonds is 12. The van der Waals surface area contributed by atoms with Gasteiger partial charge in [-0.15, -0.1) is 0 Å². The van der Waals surface area contributed by atoms with Gasteiger partial charge in [0.05, 0.1) is 24.8 Å². The van der Waals surface area contributed by atoms with E-state index in [2.05, 4.69) is 5.32 Å². The van der Waals surface area contributed by atoms with Crippen molar-refractivity contribution in [2.75, 3.05) is 31.6 Å². The van der Waals surface area contributed by atoms with Crippen molar-refractivity contribution < 1.29 is 27.5 Å². The van der Waals surface area contributed by atoms with Crippen molar-refractivity contribution >= 4 is 39.1 Å². The second kappa shape index (κ2) is 13.5. The van der Waals surface area contributed by atoms with E-state index in [-0.39, 0.29) is 23.0 Å². The molecule has 0 aromatic heterocycles. The monoisotopic (exact) mass is 587 g/mol. The zero-order valence-electron chi connectivity index (χ0n) is 23.2. The smallest absolute Gasteiger partial charge is 0.264 e. The molecule has 3 aromatic carbocycles. The number of likely N-dealkylation sites (N-methyl/N-ethyl adjacent to an activating group) is 1. The van der Waals surface area contributed by atoms with Crippen molar-refractivity contribution in [3.63, 3.8) is 0 Å². The first-order chi connectivity index (χ1) is 19.0. The van der Waals surface area contributed by atoms with Gasteiger partial charge in [0.1, 0.15) is 12.6 Å². The first kappa shape index (κ1) is 30.8. The Morgan fingerprint density at radius 2 is 1.57 bits per heavy atom. The van der Waals surface area contributed by atoms with Crippen LogP contribution in [-0.4, -0.2) is 58.5 Å². The van der Waals surface area contributed by atoms with Crippen molar-refractivity contribution in [2.45, 2.75) is 38.3 Å². The average molecular weight is 588 g/mol. The Morgan fingerprint density at radius 1 is 0.950 bits per heavy atom. The second-order valence-electron chi connectivity index (χ2n) is 9.08. The lowest BCUT2D eigenvalue weighted by Crippen LogP contribution is -2.51. The quantitative estimate of drug-likeness (QED) is 0.336. The lowest BCUT2D eigenvalue weighted by atomic mass is 10.1. The van der Waals surface area contributed by atoms with Gasteiger partial charge in [0.2, 0.25) is 11.8 Å². The fraction of sp³-hybridized carbons (Fsp3) is 0.310. The highest BCUT2D eigenvalue weighted by atomic mass is 35.5. The molecule has 0 saturated carbocycles. The molecule has 1 unspecified atom stereocenters.